The molecule has 8 heteroatoms. The molecule has 31 heavy (non-hydrogen) atoms. The predicted molar refractivity (Wildman–Crippen MR) is 117 cm³/mol. The molecule has 2 heterocycles. The fourth-order valence-corrected chi connectivity index (χ4v) is 4.03. The molecule has 160 valence electrons. The summed E-state index contributed by atoms with van der Waals surface area (Å²) in [5.41, 5.74) is 4.15. The first kappa shape index (κ1) is 20.9. The number of amides is 3. The van der Waals surface area contributed by atoms with E-state index in [0.717, 1.165) is 23.2 Å². The number of nitrogens with zero attached hydrogens (tertiary/aromatic N) is 1. The number of halogens is 1. The maximum atomic E-state index is 12.9. The van der Waals surface area contributed by atoms with Gasteiger partial charge in [0.25, 0.3) is 0 Å². The second-order valence-corrected chi connectivity index (χ2v) is 7.90. The van der Waals surface area contributed by atoms with Crippen LogP contribution in [0.15, 0.2) is 53.7 Å². The van der Waals surface area contributed by atoms with Gasteiger partial charge in [0.05, 0.1) is 17.3 Å². The Morgan fingerprint density at radius 3 is 2.68 bits per heavy atom. The minimum atomic E-state index is -0.655. The Kier molecular flexibility index (Phi) is 5.69. The highest BCUT2D eigenvalue weighted by atomic mass is 35.5. The average Bonchev–Trinajstić information content (AvgIpc) is 3.13. The second-order valence-electron chi connectivity index (χ2n) is 7.47. The predicted octanol–water partition coefficient (Wildman–Crippen LogP) is 3.73. The highest BCUT2D eigenvalue weighted by Gasteiger charge is 2.42. The summed E-state index contributed by atoms with van der Waals surface area (Å²) in [6, 6.07) is 11.6. The number of nitrogens with one attached hydrogen (secondary N) is 2. The Labute approximate surface area is 185 Å². The van der Waals surface area contributed by atoms with Crippen molar-refractivity contribution >= 4 is 35.2 Å². The van der Waals surface area contributed by atoms with Crippen molar-refractivity contribution in [3.05, 3.63) is 75.4 Å². The lowest BCUT2D eigenvalue weighted by atomic mass is 9.96. The normalized spacial score (nSPS) is 17.9. The first-order chi connectivity index (χ1) is 14.9. The van der Waals surface area contributed by atoms with Crippen LogP contribution in [0.1, 0.15) is 29.7 Å². The SMILES string of the molecule is CCc1cccc(C)c1NC(=O)CN1C(=O)N[C@@H](c2ccc(Cl)cc2)C2=C1COC2=O. The summed E-state index contributed by atoms with van der Waals surface area (Å²) in [4.78, 5) is 39.4. The molecule has 0 aromatic heterocycles. The van der Waals surface area contributed by atoms with E-state index in [1.54, 1.807) is 24.3 Å². The molecule has 2 N–H and O–H groups in total. The number of carbonyl (C=O) groups excluding carboxylic acids is 3. The molecule has 0 aliphatic carbocycles. The molecule has 0 unspecified atom stereocenters. The number of hydrogen-bond acceptors (Lipinski definition) is 4. The zero-order chi connectivity index (χ0) is 22.1. The first-order valence-electron chi connectivity index (χ1n) is 10.0. The number of cyclic esters (lactones) is 1. The molecular weight excluding hydrogens is 418 g/mol. The molecule has 2 aliphatic heterocycles. The molecule has 4 rings (SSSR count). The van der Waals surface area contributed by atoms with Gasteiger partial charge in [0.2, 0.25) is 5.91 Å². The van der Waals surface area contributed by atoms with E-state index in [1.807, 2.05) is 32.0 Å². The Balaban J connectivity index is 1.60. The summed E-state index contributed by atoms with van der Waals surface area (Å²) in [6.45, 7) is 3.65. The molecule has 0 radical (unpaired) electrons. The van der Waals surface area contributed by atoms with Gasteiger partial charge in [0.1, 0.15) is 13.2 Å². The van der Waals surface area contributed by atoms with Crippen LogP contribution in [0.3, 0.4) is 0 Å². The minimum absolute atomic E-state index is 0.0521. The number of ether oxygens (including phenoxy) is 1. The molecular formula is C23H22ClN3O4. The topological polar surface area (TPSA) is 87.7 Å². The van der Waals surface area contributed by atoms with Crippen molar-refractivity contribution in [3.63, 3.8) is 0 Å². The van der Waals surface area contributed by atoms with Crippen molar-refractivity contribution in [2.45, 2.75) is 26.3 Å². The number of rotatable bonds is 5. The number of anilines is 1. The number of urea groups is 1. The quantitative estimate of drug-likeness (QED) is 0.695. The Morgan fingerprint density at radius 1 is 1.23 bits per heavy atom. The van der Waals surface area contributed by atoms with Gasteiger partial charge >= 0.3 is 12.0 Å². The Hall–Kier alpha value is -3.32. The molecule has 2 aliphatic rings. The summed E-state index contributed by atoms with van der Waals surface area (Å²) in [7, 11) is 0. The van der Waals surface area contributed by atoms with E-state index in [9.17, 15) is 14.4 Å². The van der Waals surface area contributed by atoms with Gasteiger partial charge in [-0.1, -0.05) is 48.9 Å². The van der Waals surface area contributed by atoms with Crippen LogP contribution in [0.5, 0.6) is 0 Å². The van der Waals surface area contributed by atoms with E-state index in [-0.39, 0.29) is 19.1 Å². The second kappa shape index (κ2) is 8.43. The maximum absolute atomic E-state index is 12.9. The van der Waals surface area contributed by atoms with Gasteiger partial charge < -0.3 is 15.4 Å². The van der Waals surface area contributed by atoms with Gasteiger partial charge in [-0.3, -0.25) is 9.69 Å². The van der Waals surface area contributed by atoms with E-state index in [2.05, 4.69) is 10.6 Å². The van der Waals surface area contributed by atoms with Crippen molar-refractivity contribution < 1.29 is 19.1 Å². The Bertz CT molecular complexity index is 1090. The number of benzene rings is 2. The number of hydrogen-bond donors (Lipinski definition) is 2. The minimum Gasteiger partial charge on any atom is -0.456 e. The van der Waals surface area contributed by atoms with E-state index in [4.69, 9.17) is 16.3 Å². The van der Waals surface area contributed by atoms with E-state index < -0.39 is 18.0 Å². The largest absolute Gasteiger partial charge is 0.456 e. The number of esters is 1. The molecule has 0 fully saturated rings. The van der Waals surface area contributed by atoms with Crippen LogP contribution in [-0.4, -0.2) is 36.0 Å². The zero-order valence-corrected chi connectivity index (χ0v) is 18.0. The van der Waals surface area contributed by atoms with Crippen LogP contribution in [0, 0.1) is 6.92 Å². The number of para-hydroxylation sites is 1. The highest BCUT2D eigenvalue weighted by molar-refractivity contribution is 6.30. The van der Waals surface area contributed by atoms with Gasteiger partial charge in [0, 0.05) is 10.7 Å². The van der Waals surface area contributed by atoms with E-state index in [1.165, 1.54) is 4.90 Å². The molecule has 0 saturated carbocycles. The van der Waals surface area contributed by atoms with Gasteiger partial charge in [0.15, 0.2) is 0 Å². The molecule has 0 bridgehead atoms. The summed E-state index contributed by atoms with van der Waals surface area (Å²) in [5, 5.41) is 6.28. The molecule has 2 aromatic rings. The lowest BCUT2D eigenvalue weighted by molar-refractivity contribution is -0.136. The van der Waals surface area contributed by atoms with Gasteiger partial charge in [-0.05, 0) is 42.2 Å². The fraction of sp³-hybridized carbons (Fsp3) is 0.261. The van der Waals surface area contributed by atoms with Crippen molar-refractivity contribution in [2.24, 2.45) is 0 Å². The Morgan fingerprint density at radius 2 is 1.97 bits per heavy atom. The molecule has 2 aromatic carbocycles. The summed E-state index contributed by atoms with van der Waals surface area (Å²) in [5.74, 6) is -0.858. The van der Waals surface area contributed by atoms with Crippen LogP contribution >= 0.6 is 11.6 Å². The highest BCUT2D eigenvalue weighted by Crippen LogP contribution is 2.35. The summed E-state index contributed by atoms with van der Waals surface area (Å²) in [6.07, 6.45) is 0.766. The van der Waals surface area contributed by atoms with Crippen LogP contribution < -0.4 is 10.6 Å². The monoisotopic (exact) mass is 439 g/mol. The number of carbonyl (C=O) groups is 3. The van der Waals surface area contributed by atoms with Crippen LogP contribution in [0.2, 0.25) is 5.02 Å². The van der Waals surface area contributed by atoms with Crippen LogP contribution in [-0.2, 0) is 20.7 Å². The molecule has 0 saturated heterocycles. The molecule has 3 amide bonds. The fourth-order valence-electron chi connectivity index (χ4n) is 3.91. The van der Waals surface area contributed by atoms with Crippen LogP contribution in [0.25, 0.3) is 0 Å². The van der Waals surface area contributed by atoms with Gasteiger partial charge in [-0.2, -0.15) is 0 Å². The maximum Gasteiger partial charge on any atom is 0.338 e. The van der Waals surface area contributed by atoms with E-state index in [0.29, 0.717) is 21.9 Å². The van der Waals surface area contributed by atoms with Crippen molar-refractivity contribution in [2.75, 3.05) is 18.5 Å². The smallest absolute Gasteiger partial charge is 0.338 e. The number of aryl methyl sites for hydroxylation is 2. The van der Waals surface area contributed by atoms with Gasteiger partial charge in [-0.15, -0.1) is 0 Å². The van der Waals surface area contributed by atoms with Gasteiger partial charge in [-0.25, -0.2) is 9.59 Å². The van der Waals surface area contributed by atoms with Crippen molar-refractivity contribution in [3.8, 4) is 0 Å². The van der Waals surface area contributed by atoms with Crippen molar-refractivity contribution in [1.29, 1.82) is 0 Å². The average molecular weight is 440 g/mol. The van der Waals surface area contributed by atoms with Crippen LogP contribution in [0.4, 0.5) is 10.5 Å². The third-order valence-electron chi connectivity index (χ3n) is 5.51. The lowest BCUT2D eigenvalue weighted by Gasteiger charge is -2.32. The standard InChI is InChI=1S/C23H22ClN3O4/c1-3-14-6-4-5-13(2)20(14)25-18(28)11-27-17-12-31-22(29)19(17)21(26-23(27)30)15-7-9-16(24)10-8-15/h4-10,21H,3,11-12H2,1-2H3,(H,25,28)(H,26,30)/t21-/m0/s1. The molecule has 7 nitrogen and oxygen atoms in total. The summed E-state index contributed by atoms with van der Waals surface area (Å²) >= 11 is 5.96. The third kappa shape index (κ3) is 4.01. The molecule has 1 atom stereocenters. The lowest BCUT2D eigenvalue weighted by Crippen LogP contribution is -2.49. The third-order valence-corrected chi connectivity index (χ3v) is 5.76. The van der Waals surface area contributed by atoms with Crippen molar-refractivity contribution in [1.82, 2.24) is 10.2 Å². The zero-order valence-electron chi connectivity index (χ0n) is 17.2. The summed E-state index contributed by atoms with van der Waals surface area (Å²) < 4.78 is 5.20. The van der Waals surface area contributed by atoms with E-state index >= 15 is 0 Å². The molecule has 0 spiro atoms. The first-order valence-corrected chi connectivity index (χ1v) is 10.4.